The van der Waals surface area contributed by atoms with Crippen molar-refractivity contribution in [3.05, 3.63) is 34.9 Å². The molecule has 1 aromatic carbocycles. The smallest absolute Gasteiger partial charge is 0.206 e. The second-order valence-electron chi connectivity index (χ2n) is 5.72. The van der Waals surface area contributed by atoms with Gasteiger partial charge < -0.3 is 5.32 Å². The van der Waals surface area contributed by atoms with Gasteiger partial charge in [-0.25, -0.2) is 0 Å². The summed E-state index contributed by atoms with van der Waals surface area (Å²) in [5.74, 6) is 0.139. The summed E-state index contributed by atoms with van der Waals surface area (Å²) in [6.45, 7) is 6.01. The monoisotopic (exact) mass is 333 g/mol. The van der Waals surface area contributed by atoms with Crippen molar-refractivity contribution in [2.24, 2.45) is 0 Å². The topological polar surface area (TPSA) is 54.9 Å². The molecule has 22 heavy (non-hydrogen) atoms. The van der Waals surface area contributed by atoms with E-state index in [1.165, 1.54) is 41.5 Å². The summed E-state index contributed by atoms with van der Waals surface area (Å²) in [4.78, 5) is 12.5. The molecule has 1 heterocycles. The van der Waals surface area contributed by atoms with Crippen molar-refractivity contribution in [2.45, 2.75) is 49.2 Å². The maximum Gasteiger partial charge on any atom is 0.206 e. The third kappa shape index (κ3) is 3.67. The van der Waals surface area contributed by atoms with Gasteiger partial charge in [0.1, 0.15) is 0 Å². The van der Waals surface area contributed by atoms with Crippen LogP contribution in [-0.2, 0) is 0 Å². The normalized spacial score (nSPS) is 15.6. The summed E-state index contributed by atoms with van der Waals surface area (Å²) in [6, 6.07) is 6.44. The molecule has 0 radical (unpaired) electrons. The molecule has 1 aromatic heterocycles. The van der Waals surface area contributed by atoms with Crippen LogP contribution in [0.5, 0.6) is 0 Å². The second-order valence-corrected chi connectivity index (χ2v) is 8.28. The van der Waals surface area contributed by atoms with Crippen molar-refractivity contribution in [2.75, 3.05) is 5.32 Å². The fourth-order valence-corrected chi connectivity index (χ4v) is 4.10. The number of nitrogens with zero attached hydrogens (tertiary/aromatic N) is 2. The quantitative estimate of drug-likeness (QED) is 0.637. The Balaban J connectivity index is 1.64. The third-order valence-electron chi connectivity index (χ3n) is 3.75. The molecule has 0 spiro atoms. The summed E-state index contributed by atoms with van der Waals surface area (Å²) in [7, 11) is 0. The summed E-state index contributed by atoms with van der Waals surface area (Å²) >= 11 is 3.01. The van der Waals surface area contributed by atoms with Gasteiger partial charge in [0.25, 0.3) is 0 Å². The highest BCUT2D eigenvalue weighted by Gasteiger charge is 2.23. The lowest BCUT2D eigenvalue weighted by Gasteiger charge is -2.09. The minimum Gasteiger partial charge on any atom is -0.357 e. The SMILES string of the molecule is Cc1ccc(C(=O)C(C)Sc2nnc(NC3CC3)s2)cc1C. The van der Waals surface area contributed by atoms with E-state index in [0.717, 1.165) is 20.6 Å². The summed E-state index contributed by atoms with van der Waals surface area (Å²) < 4.78 is 0.841. The lowest BCUT2D eigenvalue weighted by Crippen LogP contribution is -2.13. The number of hydrogen-bond acceptors (Lipinski definition) is 6. The van der Waals surface area contributed by atoms with Gasteiger partial charge in [0.15, 0.2) is 10.1 Å². The van der Waals surface area contributed by atoms with Crippen LogP contribution in [0.1, 0.15) is 41.3 Å². The maximum absolute atomic E-state index is 12.5. The molecule has 1 fully saturated rings. The predicted octanol–water partition coefficient (Wildman–Crippen LogP) is 4.09. The zero-order valence-electron chi connectivity index (χ0n) is 12.9. The average molecular weight is 333 g/mol. The number of carbonyl (C=O) groups is 1. The summed E-state index contributed by atoms with van der Waals surface area (Å²) in [6.07, 6.45) is 2.42. The van der Waals surface area contributed by atoms with Gasteiger partial charge in [0, 0.05) is 11.6 Å². The van der Waals surface area contributed by atoms with Crippen LogP contribution in [0.2, 0.25) is 0 Å². The van der Waals surface area contributed by atoms with Gasteiger partial charge in [-0.1, -0.05) is 35.2 Å². The van der Waals surface area contributed by atoms with E-state index in [0.29, 0.717) is 6.04 Å². The van der Waals surface area contributed by atoms with E-state index in [1.807, 2.05) is 32.0 Å². The molecule has 1 aliphatic rings. The molecule has 0 aliphatic heterocycles. The lowest BCUT2D eigenvalue weighted by molar-refractivity contribution is 0.0994. The maximum atomic E-state index is 12.5. The van der Waals surface area contributed by atoms with Gasteiger partial charge in [-0.15, -0.1) is 10.2 Å². The Morgan fingerprint density at radius 1 is 1.32 bits per heavy atom. The van der Waals surface area contributed by atoms with Crippen LogP contribution < -0.4 is 5.32 Å². The number of rotatable bonds is 6. The first kappa shape index (κ1) is 15.5. The fourth-order valence-electron chi connectivity index (χ4n) is 2.05. The molecular weight excluding hydrogens is 314 g/mol. The van der Waals surface area contributed by atoms with Crippen molar-refractivity contribution in [3.63, 3.8) is 0 Å². The molecule has 116 valence electrons. The zero-order valence-corrected chi connectivity index (χ0v) is 14.6. The Bertz CT molecular complexity index is 694. The fraction of sp³-hybridized carbons (Fsp3) is 0.438. The molecule has 0 amide bonds. The second kappa shape index (κ2) is 6.38. The minimum atomic E-state index is -0.163. The van der Waals surface area contributed by atoms with E-state index in [1.54, 1.807) is 0 Å². The molecule has 1 saturated carbocycles. The van der Waals surface area contributed by atoms with Crippen LogP contribution in [0.25, 0.3) is 0 Å². The highest BCUT2D eigenvalue weighted by atomic mass is 32.2. The molecule has 1 atom stereocenters. The van der Waals surface area contributed by atoms with Gasteiger partial charge in [0.05, 0.1) is 5.25 Å². The predicted molar refractivity (Wildman–Crippen MR) is 92.1 cm³/mol. The van der Waals surface area contributed by atoms with Crippen LogP contribution in [0.3, 0.4) is 0 Å². The minimum absolute atomic E-state index is 0.139. The van der Waals surface area contributed by atoms with Crippen LogP contribution in [0, 0.1) is 13.8 Å². The molecule has 1 aliphatic carbocycles. The standard InChI is InChI=1S/C16H19N3OS2/c1-9-4-5-12(8-10(9)2)14(20)11(3)21-16-19-18-15(22-16)17-13-6-7-13/h4-5,8,11,13H,6-7H2,1-3H3,(H,17,18). The van der Waals surface area contributed by atoms with Gasteiger partial charge in [-0.2, -0.15) is 0 Å². The third-order valence-corrected chi connectivity index (χ3v) is 5.79. The number of hydrogen-bond donors (Lipinski definition) is 1. The number of ketones is 1. The number of carbonyl (C=O) groups excluding carboxylic acids is 1. The average Bonchev–Trinajstić information content (AvgIpc) is 3.20. The Morgan fingerprint density at radius 2 is 2.09 bits per heavy atom. The Labute approximate surface area is 138 Å². The van der Waals surface area contributed by atoms with Crippen LogP contribution >= 0.6 is 23.1 Å². The number of aromatic nitrogens is 2. The van der Waals surface area contributed by atoms with E-state index in [9.17, 15) is 4.79 Å². The number of anilines is 1. The number of benzene rings is 1. The van der Waals surface area contributed by atoms with E-state index in [2.05, 4.69) is 22.4 Å². The van der Waals surface area contributed by atoms with Gasteiger partial charge >= 0.3 is 0 Å². The largest absolute Gasteiger partial charge is 0.357 e. The Hall–Kier alpha value is -1.40. The van der Waals surface area contributed by atoms with Crippen molar-refractivity contribution in [1.29, 1.82) is 0 Å². The first-order chi connectivity index (χ1) is 10.5. The molecule has 1 N–H and O–H groups in total. The van der Waals surface area contributed by atoms with Crippen LogP contribution in [0.4, 0.5) is 5.13 Å². The van der Waals surface area contributed by atoms with E-state index >= 15 is 0 Å². The summed E-state index contributed by atoms with van der Waals surface area (Å²) in [5.41, 5.74) is 3.12. The molecular formula is C16H19N3OS2. The molecule has 3 rings (SSSR count). The Morgan fingerprint density at radius 3 is 2.77 bits per heavy atom. The van der Waals surface area contributed by atoms with E-state index in [-0.39, 0.29) is 11.0 Å². The highest BCUT2D eigenvalue weighted by molar-refractivity contribution is 8.02. The molecule has 0 bridgehead atoms. The molecule has 6 heteroatoms. The van der Waals surface area contributed by atoms with Crippen LogP contribution in [0.15, 0.2) is 22.5 Å². The van der Waals surface area contributed by atoms with Crippen molar-refractivity contribution in [3.8, 4) is 0 Å². The molecule has 0 saturated heterocycles. The first-order valence-corrected chi connectivity index (χ1v) is 9.10. The van der Waals surface area contributed by atoms with E-state index in [4.69, 9.17) is 0 Å². The van der Waals surface area contributed by atoms with Crippen molar-refractivity contribution < 1.29 is 4.79 Å². The number of Topliss-reactive ketones (excluding diaryl/α,β-unsaturated/α-hetero) is 1. The number of nitrogens with one attached hydrogen (secondary N) is 1. The van der Waals surface area contributed by atoms with Gasteiger partial charge in [-0.3, -0.25) is 4.79 Å². The van der Waals surface area contributed by atoms with E-state index < -0.39 is 0 Å². The molecule has 2 aromatic rings. The number of thioether (sulfide) groups is 1. The summed E-state index contributed by atoms with van der Waals surface area (Å²) in [5, 5.41) is 12.3. The highest BCUT2D eigenvalue weighted by Crippen LogP contribution is 2.33. The first-order valence-electron chi connectivity index (χ1n) is 7.41. The van der Waals surface area contributed by atoms with Crippen molar-refractivity contribution in [1.82, 2.24) is 10.2 Å². The van der Waals surface area contributed by atoms with Crippen molar-refractivity contribution >= 4 is 34.0 Å². The van der Waals surface area contributed by atoms with Gasteiger partial charge in [0.2, 0.25) is 5.13 Å². The number of aryl methyl sites for hydroxylation is 2. The lowest BCUT2D eigenvalue weighted by atomic mass is 10.0. The van der Waals surface area contributed by atoms with Crippen LogP contribution in [-0.4, -0.2) is 27.3 Å². The molecule has 1 unspecified atom stereocenters. The Kier molecular flexibility index (Phi) is 4.49. The molecule has 4 nitrogen and oxygen atoms in total. The van der Waals surface area contributed by atoms with Gasteiger partial charge in [-0.05, 0) is 50.8 Å². The zero-order chi connectivity index (χ0) is 15.7.